The summed E-state index contributed by atoms with van der Waals surface area (Å²) in [5.74, 6) is 0. The van der Waals surface area contributed by atoms with E-state index in [0.717, 1.165) is 19.4 Å². The van der Waals surface area contributed by atoms with E-state index >= 15 is 0 Å². The van der Waals surface area contributed by atoms with Crippen molar-refractivity contribution in [1.29, 1.82) is 0 Å². The first-order valence-electron chi connectivity index (χ1n) is 5.45. The number of aromatic nitrogens is 1. The van der Waals surface area contributed by atoms with Gasteiger partial charge in [0.2, 0.25) is 0 Å². The lowest BCUT2D eigenvalue weighted by atomic mass is 9.89. The second kappa shape index (κ2) is 4.73. The van der Waals surface area contributed by atoms with Gasteiger partial charge in [-0.05, 0) is 37.0 Å². The summed E-state index contributed by atoms with van der Waals surface area (Å²) in [7, 11) is 1.79. The molecule has 0 bridgehead atoms. The molecule has 1 aromatic heterocycles. The van der Waals surface area contributed by atoms with Gasteiger partial charge in [-0.25, -0.2) is 0 Å². The van der Waals surface area contributed by atoms with Crippen LogP contribution in [-0.4, -0.2) is 24.2 Å². The van der Waals surface area contributed by atoms with Gasteiger partial charge in [0.25, 0.3) is 0 Å². The van der Waals surface area contributed by atoms with Crippen LogP contribution >= 0.6 is 0 Å². The SMILES string of the molecule is COC1CC(NCc2ccncc2C)C1. The van der Waals surface area contributed by atoms with Gasteiger partial charge in [-0.1, -0.05) is 0 Å². The predicted molar refractivity (Wildman–Crippen MR) is 59.6 cm³/mol. The molecule has 0 aliphatic heterocycles. The third-order valence-corrected chi connectivity index (χ3v) is 3.15. The molecular weight excluding hydrogens is 188 g/mol. The van der Waals surface area contributed by atoms with Gasteiger partial charge in [0.15, 0.2) is 0 Å². The summed E-state index contributed by atoms with van der Waals surface area (Å²) in [5, 5.41) is 3.53. The number of nitrogens with zero attached hydrogens (tertiary/aromatic N) is 1. The van der Waals surface area contributed by atoms with Gasteiger partial charge < -0.3 is 10.1 Å². The highest BCUT2D eigenvalue weighted by Crippen LogP contribution is 2.22. The van der Waals surface area contributed by atoms with Crippen LogP contribution in [0.5, 0.6) is 0 Å². The average Bonchev–Trinajstić information content (AvgIpc) is 2.18. The first-order chi connectivity index (χ1) is 7.29. The third kappa shape index (κ3) is 2.55. The molecule has 0 saturated heterocycles. The Morgan fingerprint density at radius 2 is 2.33 bits per heavy atom. The van der Waals surface area contributed by atoms with E-state index in [4.69, 9.17) is 4.74 Å². The van der Waals surface area contributed by atoms with E-state index in [1.54, 1.807) is 7.11 Å². The van der Waals surface area contributed by atoms with Gasteiger partial charge in [-0.3, -0.25) is 4.98 Å². The number of ether oxygens (including phenoxy) is 1. The maximum Gasteiger partial charge on any atom is 0.0601 e. The lowest BCUT2D eigenvalue weighted by molar-refractivity contribution is 0.0170. The molecule has 0 aromatic carbocycles. The fourth-order valence-corrected chi connectivity index (χ4v) is 1.88. The highest BCUT2D eigenvalue weighted by Gasteiger charge is 2.28. The van der Waals surface area contributed by atoms with Crippen LogP contribution in [-0.2, 0) is 11.3 Å². The summed E-state index contributed by atoms with van der Waals surface area (Å²) < 4.78 is 5.24. The van der Waals surface area contributed by atoms with E-state index < -0.39 is 0 Å². The Hall–Kier alpha value is -0.930. The molecule has 1 aliphatic rings. The summed E-state index contributed by atoms with van der Waals surface area (Å²) >= 11 is 0. The second-order valence-corrected chi connectivity index (χ2v) is 4.21. The molecule has 0 spiro atoms. The fraction of sp³-hybridized carbons (Fsp3) is 0.583. The third-order valence-electron chi connectivity index (χ3n) is 3.15. The van der Waals surface area contributed by atoms with Crippen molar-refractivity contribution < 1.29 is 4.74 Å². The Morgan fingerprint density at radius 1 is 1.53 bits per heavy atom. The Kier molecular flexibility index (Phi) is 3.34. The molecule has 0 unspecified atom stereocenters. The van der Waals surface area contributed by atoms with Gasteiger partial charge in [0.1, 0.15) is 0 Å². The number of pyridine rings is 1. The van der Waals surface area contributed by atoms with Crippen LogP contribution in [0.4, 0.5) is 0 Å². The zero-order chi connectivity index (χ0) is 10.7. The predicted octanol–water partition coefficient (Wildman–Crippen LogP) is 1.66. The molecule has 2 rings (SSSR count). The van der Waals surface area contributed by atoms with Gasteiger partial charge in [-0.15, -0.1) is 0 Å². The molecule has 1 aliphatic carbocycles. The van der Waals surface area contributed by atoms with E-state index in [0.29, 0.717) is 12.1 Å². The van der Waals surface area contributed by atoms with Gasteiger partial charge in [0, 0.05) is 32.1 Å². The molecular formula is C12H18N2O. The Bertz CT molecular complexity index is 321. The molecule has 1 fully saturated rings. The molecule has 0 atom stereocenters. The van der Waals surface area contributed by atoms with E-state index in [1.807, 2.05) is 12.4 Å². The van der Waals surface area contributed by atoms with Crippen molar-refractivity contribution >= 4 is 0 Å². The van der Waals surface area contributed by atoms with Crippen molar-refractivity contribution in [1.82, 2.24) is 10.3 Å². The van der Waals surface area contributed by atoms with Gasteiger partial charge >= 0.3 is 0 Å². The Labute approximate surface area is 90.9 Å². The van der Waals surface area contributed by atoms with Gasteiger partial charge in [0.05, 0.1) is 6.10 Å². The van der Waals surface area contributed by atoms with E-state index in [9.17, 15) is 0 Å². The Balaban J connectivity index is 1.77. The lowest BCUT2D eigenvalue weighted by Crippen LogP contribution is -2.44. The van der Waals surface area contributed by atoms with Crippen molar-refractivity contribution in [2.24, 2.45) is 0 Å². The molecule has 15 heavy (non-hydrogen) atoms. The minimum Gasteiger partial charge on any atom is -0.381 e. The second-order valence-electron chi connectivity index (χ2n) is 4.21. The van der Waals surface area contributed by atoms with Crippen molar-refractivity contribution in [3.8, 4) is 0 Å². The highest BCUT2D eigenvalue weighted by molar-refractivity contribution is 5.21. The molecule has 0 amide bonds. The smallest absolute Gasteiger partial charge is 0.0601 e. The summed E-state index contributed by atoms with van der Waals surface area (Å²) in [6.07, 6.45) is 6.51. The number of nitrogens with one attached hydrogen (secondary N) is 1. The van der Waals surface area contributed by atoms with E-state index in [1.165, 1.54) is 11.1 Å². The molecule has 1 saturated carbocycles. The van der Waals surface area contributed by atoms with Crippen LogP contribution in [0, 0.1) is 6.92 Å². The van der Waals surface area contributed by atoms with Crippen LogP contribution in [0.3, 0.4) is 0 Å². The first-order valence-corrected chi connectivity index (χ1v) is 5.45. The quantitative estimate of drug-likeness (QED) is 0.813. The fourth-order valence-electron chi connectivity index (χ4n) is 1.88. The summed E-state index contributed by atoms with van der Waals surface area (Å²) in [6, 6.07) is 2.71. The maximum atomic E-state index is 5.24. The van der Waals surface area contributed by atoms with Crippen LogP contribution in [0.2, 0.25) is 0 Å². The van der Waals surface area contributed by atoms with Crippen molar-refractivity contribution in [2.75, 3.05) is 7.11 Å². The highest BCUT2D eigenvalue weighted by atomic mass is 16.5. The van der Waals surface area contributed by atoms with Crippen molar-refractivity contribution in [3.05, 3.63) is 29.6 Å². The molecule has 1 N–H and O–H groups in total. The summed E-state index contributed by atoms with van der Waals surface area (Å²) in [5.41, 5.74) is 2.60. The minimum atomic E-state index is 0.473. The van der Waals surface area contributed by atoms with Crippen LogP contribution in [0.25, 0.3) is 0 Å². The molecule has 3 heteroatoms. The normalized spacial score (nSPS) is 24.9. The van der Waals surface area contributed by atoms with Crippen molar-refractivity contribution in [3.63, 3.8) is 0 Å². The van der Waals surface area contributed by atoms with Crippen LogP contribution in [0.15, 0.2) is 18.5 Å². The molecule has 82 valence electrons. The van der Waals surface area contributed by atoms with E-state index in [-0.39, 0.29) is 0 Å². The van der Waals surface area contributed by atoms with Crippen molar-refractivity contribution in [2.45, 2.75) is 38.5 Å². The van der Waals surface area contributed by atoms with E-state index in [2.05, 4.69) is 23.3 Å². The molecule has 1 aromatic rings. The summed E-state index contributed by atoms with van der Waals surface area (Å²) in [4.78, 5) is 4.08. The topological polar surface area (TPSA) is 34.1 Å². The number of hydrogen-bond acceptors (Lipinski definition) is 3. The monoisotopic (exact) mass is 206 g/mol. The average molecular weight is 206 g/mol. The number of methoxy groups -OCH3 is 1. The van der Waals surface area contributed by atoms with Gasteiger partial charge in [-0.2, -0.15) is 0 Å². The first kappa shape index (κ1) is 10.6. The molecule has 3 nitrogen and oxygen atoms in total. The standard InChI is InChI=1S/C12H18N2O/c1-9-7-13-4-3-10(9)8-14-11-5-12(6-11)15-2/h3-4,7,11-12,14H,5-6,8H2,1-2H3. The largest absolute Gasteiger partial charge is 0.381 e. The van der Waals surface area contributed by atoms with Crippen LogP contribution < -0.4 is 5.32 Å². The number of aryl methyl sites for hydroxylation is 1. The summed E-state index contributed by atoms with van der Waals surface area (Å²) in [6.45, 7) is 3.04. The number of hydrogen-bond donors (Lipinski definition) is 1. The number of rotatable bonds is 4. The van der Waals surface area contributed by atoms with Crippen LogP contribution in [0.1, 0.15) is 24.0 Å². The molecule has 1 heterocycles. The molecule has 0 radical (unpaired) electrons. The Morgan fingerprint density at radius 3 is 3.00 bits per heavy atom. The zero-order valence-electron chi connectivity index (χ0n) is 9.36. The zero-order valence-corrected chi connectivity index (χ0v) is 9.36. The maximum absolute atomic E-state index is 5.24. The minimum absolute atomic E-state index is 0.473. The lowest BCUT2D eigenvalue weighted by Gasteiger charge is -2.34.